The molecule has 142 valence electrons. The molecule has 0 spiro atoms. The van der Waals surface area contributed by atoms with Crippen molar-refractivity contribution in [1.82, 2.24) is 9.55 Å². The van der Waals surface area contributed by atoms with Gasteiger partial charge >= 0.3 is 5.97 Å². The van der Waals surface area contributed by atoms with Gasteiger partial charge in [0.15, 0.2) is 0 Å². The Morgan fingerprint density at radius 2 is 2.08 bits per heavy atom. The zero-order valence-corrected chi connectivity index (χ0v) is 16.2. The number of hydrogen-bond acceptors (Lipinski definition) is 4. The number of imidazole rings is 1. The van der Waals surface area contributed by atoms with Crippen LogP contribution in [0.15, 0.2) is 24.3 Å². The minimum Gasteiger partial charge on any atom is -0.459 e. The van der Waals surface area contributed by atoms with Crippen LogP contribution in [0.1, 0.15) is 59.0 Å². The molecule has 1 saturated carbocycles. The lowest BCUT2D eigenvalue weighted by atomic mass is 9.75. The molecule has 1 heterocycles. The van der Waals surface area contributed by atoms with Gasteiger partial charge in [-0.05, 0) is 42.7 Å². The highest BCUT2D eigenvalue weighted by molar-refractivity contribution is 5.80. The Morgan fingerprint density at radius 1 is 1.35 bits per heavy atom. The van der Waals surface area contributed by atoms with Gasteiger partial charge in [-0.1, -0.05) is 46.2 Å². The van der Waals surface area contributed by atoms with Crippen LogP contribution in [0.3, 0.4) is 0 Å². The average molecular weight is 358 g/mol. The smallest absolute Gasteiger partial charge is 0.357 e. The van der Waals surface area contributed by atoms with Crippen LogP contribution in [-0.2, 0) is 16.0 Å². The van der Waals surface area contributed by atoms with Crippen molar-refractivity contribution < 1.29 is 14.6 Å². The summed E-state index contributed by atoms with van der Waals surface area (Å²) < 4.78 is 7.44. The number of nitrogens with zero attached hydrogens (tertiary/aromatic N) is 2. The molecule has 0 radical (unpaired) electrons. The predicted octanol–water partition coefficient (Wildman–Crippen LogP) is 4.09. The molecule has 26 heavy (non-hydrogen) atoms. The quantitative estimate of drug-likeness (QED) is 0.818. The van der Waals surface area contributed by atoms with Crippen molar-refractivity contribution in [3.8, 4) is 0 Å². The Bertz CT molecular complexity index is 768. The maximum atomic E-state index is 12.8. The molecule has 5 heteroatoms. The third-order valence-electron chi connectivity index (χ3n) is 5.67. The zero-order valence-electron chi connectivity index (χ0n) is 16.2. The van der Waals surface area contributed by atoms with E-state index in [1.54, 1.807) is 4.57 Å². The van der Waals surface area contributed by atoms with Crippen LogP contribution in [0.5, 0.6) is 0 Å². The van der Waals surface area contributed by atoms with Gasteiger partial charge in [0.2, 0.25) is 6.23 Å². The molecule has 1 aromatic heterocycles. The SMILES string of the molecule is CCc1nc2ccccc2n1[C@H](O)C(=O)OC1CC(C)CCC1C(C)C. The van der Waals surface area contributed by atoms with E-state index in [4.69, 9.17) is 4.74 Å². The third kappa shape index (κ3) is 3.63. The molecule has 3 rings (SSSR count). The number of carbonyl (C=O) groups is 1. The highest BCUT2D eigenvalue weighted by Gasteiger charge is 2.35. The van der Waals surface area contributed by atoms with Crippen LogP contribution >= 0.6 is 0 Å². The standard InChI is InChI=1S/C21H30N2O3/c1-5-19-22-16-8-6-7-9-17(16)23(19)20(24)21(25)26-18-12-14(4)10-11-15(18)13(2)3/h6-9,13-15,18,20,24H,5,10-12H2,1-4H3/t14?,15?,18?,20-/m1/s1. The van der Waals surface area contributed by atoms with Crippen molar-refractivity contribution in [3.05, 3.63) is 30.1 Å². The Labute approximate surface area is 155 Å². The summed E-state index contributed by atoms with van der Waals surface area (Å²) in [5.41, 5.74) is 1.54. The van der Waals surface area contributed by atoms with Gasteiger partial charge in [-0.2, -0.15) is 0 Å². The van der Waals surface area contributed by atoms with Crippen LogP contribution in [-0.4, -0.2) is 26.7 Å². The first-order valence-electron chi connectivity index (χ1n) is 9.76. The van der Waals surface area contributed by atoms with Crippen LogP contribution < -0.4 is 0 Å². The largest absolute Gasteiger partial charge is 0.459 e. The van der Waals surface area contributed by atoms with E-state index >= 15 is 0 Å². The third-order valence-corrected chi connectivity index (χ3v) is 5.67. The summed E-state index contributed by atoms with van der Waals surface area (Å²) in [7, 11) is 0. The average Bonchev–Trinajstić information content (AvgIpc) is 2.99. The Kier molecular flexibility index (Phi) is 5.66. The number of aliphatic hydroxyl groups excluding tert-OH is 1. The number of esters is 1. The first kappa shape index (κ1) is 18.9. The number of aromatic nitrogens is 2. The van der Waals surface area contributed by atoms with E-state index in [0.29, 0.717) is 30.0 Å². The number of para-hydroxylation sites is 2. The number of aliphatic hydroxyl groups is 1. The molecule has 3 unspecified atom stereocenters. The van der Waals surface area contributed by atoms with Gasteiger partial charge in [0.25, 0.3) is 0 Å². The van der Waals surface area contributed by atoms with Gasteiger partial charge in [0.05, 0.1) is 11.0 Å². The van der Waals surface area contributed by atoms with E-state index in [-0.39, 0.29) is 6.10 Å². The maximum absolute atomic E-state index is 12.8. The number of carbonyl (C=O) groups excluding carboxylic acids is 1. The summed E-state index contributed by atoms with van der Waals surface area (Å²) in [6.07, 6.45) is 2.26. The molecule has 1 N–H and O–H groups in total. The van der Waals surface area contributed by atoms with E-state index < -0.39 is 12.2 Å². The maximum Gasteiger partial charge on any atom is 0.357 e. The number of rotatable bonds is 5. The molecule has 5 nitrogen and oxygen atoms in total. The van der Waals surface area contributed by atoms with Crippen molar-refractivity contribution in [1.29, 1.82) is 0 Å². The molecule has 1 aliphatic rings. The molecule has 1 aliphatic carbocycles. The summed E-state index contributed by atoms with van der Waals surface area (Å²) >= 11 is 0. The zero-order chi connectivity index (χ0) is 18.8. The normalized spacial score (nSPS) is 24.8. The fourth-order valence-electron chi connectivity index (χ4n) is 4.18. The lowest BCUT2D eigenvalue weighted by Crippen LogP contribution is -2.38. The van der Waals surface area contributed by atoms with E-state index in [0.717, 1.165) is 23.9 Å². The second kappa shape index (κ2) is 7.78. The number of benzene rings is 1. The molecule has 2 aromatic rings. The van der Waals surface area contributed by atoms with Crippen molar-refractivity contribution in [2.24, 2.45) is 17.8 Å². The van der Waals surface area contributed by atoms with Gasteiger partial charge in [0.1, 0.15) is 11.9 Å². The molecule has 0 aliphatic heterocycles. The van der Waals surface area contributed by atoms with Crippen molar-refractivity contribution in [2.45, 2.75) is 65.7 Å². The van der Waals surface area contributed by atoms with E-state index in [2.05, 4.69) is 25.8 Å². The van der Waals surface area contributed by atoms with E-state index in [1.807, 2.05) is 31.2 Å². The molecule has 0 bridgehead atoms. The lowest BCUT2D eigenvalue weighted by molar-refractivity contribution is -0.171. The fraction of sp³-hybridized carbons (Fsp3) is 0.619. The molecule has 1 fully saturated rings. The van der Waals surface area contributed by atoms with Gasteiger partial charge in [-0.3, -0.25) is 4.57 Å². The Morgan fingerprint density at radius 3 is 2.77 bits per heavy atom. The second-order valence-electron chi connectivity index (χ2n) is 7.92. The van der Waals surface area contributed by atoms with Crippen LogP contribution in [0.25, 0.3) is 11.0 Å². The highest BCUT2D eigenvalue weighted by atomic mass is 16.6. The van der Waals surface area contributed by atoms with Crippen LogP contribution in [0.2, 0.25) is 0 Å². The Hall–Kier alpha value is -1.88. The topological polar surface area (TPSA) is 64.3 Å². The number of aryl methyl sites for hydroxylation is 1. The molecular formula is C21H30N2O3. The van der Waals surface area contributed by atoms with Crippen LogP contribution in [0, 0.1) is 17.8 Å². The fourth-order valence-corrected chi connectivity index (χ4v) is 4.18. The highest BCUT2D eigenvalue weighted by Crippen LogP contribution is 2.36. The summed E-state index contributed by atoms with van der Waals surface area (Å²) in [6.45, 7) is 8.52. The number of ether oxygens (including phenoxy) is 1. The van der Waals surface area contributed by atoms with Gasteiger partial charge in [0, 0.05) is 6.42 Å². The number of hydrogen-bond donors (Lipinski definition) is 1. The second-order valence-corrected chi connectivity index (χ2v) is 7.92. The van der Waals surface area contributed by atoms with E-state index in [1.165, 1.54) is 6.42 Å². The predicted molar refractivity (Wildman–Crippen MR) is 102 cm³/mol. The Balaban J connectivity index is 1.83. The molecular weight excluding hydrogens is 328 g/mol. The summed E-state index contributed by atoms with van der Waals surface area (Å²) in [4.78, 5) is 17.3. The van der Waals surface area contributed by atoms with Crippen LogP contribution in [0.4, 0.5) is 0 Å². The first-order chi connectivity index (χ1) is 12.4. The lowest BCUT2D eigenvalue weighted by Gasteiger charge is -2.37. The van der Waals surface area contributed by atoms with E-state index in [9.17, 15) is 9.90 Å². The summed E-state index contributed by atoms with van der Waals surface area (Å²) in [6, 6.07) is 7.55. The van der Waals surface area contributed by atoms with Gasteiger partial charge in [-0.25, -0.2) is 9.78 Å². The minimum atomic E-state index is -1.36. The molecule has 0 saturated heterocycles. The minimum absolute atomic E-state index is 0.124. The van der Waals surface area contributed by atoms with Gasteiger partial charge in [-0.15, -0.1) is 0 Å². The number of fused-ring (bicyclic) bond motifs is 1. The summed E-state index contributed by atoms with van der Waals surface area (Å²) in [5, 5.41) is 10.8. The van der Waals surface area contributed by atoms with Crippen molar-refractivity contribution >= 4 is 17.0 Å². The first-order valence-corrected chi connectivity index (χ1v) is 9.76. The summed E-state index contributed by atoms with van der Waals surface area (Å²) in [5.74, 6) is 1.46. The monoisotopic (exact) mass is 358 g/mol. The molecule has 4 atom stereocenters. The van der Waals surface area contributed by atoms with Crippen molar-refractivity contribution in [3.63, 3.8) is 0 Å². The molecule has 1 aromatic carbocycles. The molecule has 0 amide bonds. The van der Waals surface area contributed by atoms with Gasteiger partial charge < -0.3 is 9.84 Å². The van der Waals surface area contributed by atoms with Crippen molar-refractivity contribution in [2.75, 3.05) is 0 Å².